The summed E-state index contributed by atoms with van der Waals surface area (Å²) in [7, 11) is 1.75. The lowest BCUT2D eigenvalue weighted by Crippen LogP contribution is -2.41. The van der Waals surface area contributed by atoms with Gasteiger partial charge in [0, 0.05) is 19.7 Å². The number of hydrogen-bond acceptors (Lipinski definition) is 2. The summed E-state index contributed by atoms with van der Waals surface area (Å²) in [6, 6.07) is 9.35. The van der Waals surface area contributed by atoms with Crippen molar-refractivity contribution < 1.29 is 4.74 Å². The average molecular weight is 275 g/mol. The molecule has 2 heteroatoms. The largest absolute Gasteiger partial charge is 0.380 e. The summed E-state index contributed by atoms with van der Waals surface area (Å²) in [6.07, 6.45) is 3.96. The van der Waals surface area contributed by atoms with Crippen LogP contribution in [-0.4, -0.2) is 13.2 Å². The SMILES string of the molecule is COCc1cccc(CNC2CCC(C)(C)CC2C)c1. The van der Waals surface area contributed by atoms with Crippen LogP contribution in [0.1, 0.15) is 51.2 Å². The second kappa shape index (κ2) is 6.73. The fourth-order valence-corrected chi connectivity index (χ4v) is 3.49. The van der Waals surface area contributed by atoms with E-state index in [0.29, 0.717) is 18.1 Å². The number of benzene rings is 1. The summed E-state index contributed by atoms with van der Waals surface area (Å²) >= 11 is 0. The van der Waals surface area contributed by atoms with Crippen molar-refractivity contribution in [3.8, 4) is 0 Å². The minimum atomic E-state index is 0.524. The predicted octanol–water partition coefficient (Wildman–Crippen LogP) is 4.14. The molecule has 1 aliphatic rings. The third-order valence-electron chi connectivity index (χ3n) is 4.56. The Morgan fingerprint density at radius 3 is 2.75 bits per heavy atom. The van der Waals surface area contributed by atoms with Crippen molar-refractivity contribution in [3.63, 3.8) is 0 Å². The van der Waals surface area contributed by atoms with Crippen LogP contribution in [0.3, 0.4) is 0 Å². The van der Waals surface area contributed by atoms with Gasteiger partial charge in [-0.2, -0.15) is 0 Å². The smallest absolute Gasteiger partial charge is 0.0713 e. The zero-order valence-corrected chi connectivity index (χ0v) is 13.4. The van der Waals surface area contributed by atoms with Crippen molar-refractivity contribution in [1.29, 1.82) is 0 Å². The lowest BCUT2D eigenvalue weighted by atomic mass is 9.70. The number of methoxy groups -OCH3 is 1. The molecule has 0 bridgehead atoms. The first-order valence-electron chi connectivity index (χ1n) is 7.80. The van der Waals surface area contributed by atoms with Crippen molar-refractivity contribution in [2.75, 3.05) is 7.11 Å². The number of ether oxygens (including phenoxy) is 1. The molecule has 2 atom stereocenters. The van der Waals surface area contributed by atoms with Crippen molar-refractivity contribution in [1.82, 2.24) is 5.32 Å². The van der Waals surface area contributed by atoms with Crippen LogP contribution < -0.4 is 5.32 Å². The van der Waals surface area contributed by atoms with Gasteiger partial charge >= 0.3 is 0 Å². The molecule has 0 saturated heterocycles. The molecule has 1 aromatic rings. The van der Waals surface area contributed by atoms with E-state index in [4.69, 9.17) is 4.74 Å². The first-order chi connectivity index (χ1) is 9.50. The van der Waals surface area contributed by atoms with Crippen LogP contribution in [0.4, 0.5) is 0 Å². The lowest BCUT2D eigenvalue weighted by Gasteiger charge is -2.39. The van der Waals surface area contributed by atoms with E-state index in [9.17, 15) is 0 Å². The topological polar surface area (TPSA) is 21.3 Å². The monoisotopic (exact) mass is 275 g/mol. The van der Waals surface area contributed by atoms with E-state index >= 15 is 0 Å². The highest BCUT2D eigenvalue weighted by atomic mass is 16.5. The Morgan fingerprint density at radius 2 is 2.05 bits per heavy atom. The van der Waals surface area contributed by atoms with Gasteiger partial charge in [0.25, 0.3) is 0 Å². The highest BCUT2D eigenvalue weighted by molar-refractivity contribution is 5.23. The maximum absolute atomic E-state index is 5.20. The molecule has 2 unspecified atom stereocenters. The molecule has 2 rings (SSSR count). The fraction of sp³-hybridized carbons (Fsp3) is 0.667. The second-order valence-corrected chi connectivity index (χ2v) is 7.12. The van der Waals surface area contributed by atoms with Gasteiger partial charge in [0.05, 0.1) is 6.61 Å². The molecule has 2 nitrogen and oxygen atoms in total. The molecule has 1 fully saturated rings. The number of nitrogens with one attached hydrogen (secondary N) is 1. The summed E-state index contributed by atoms with van der Waals surface area (Å²) in [5.41, 5.74) is 3.14. The molecule has 20 heavy (non-hydrogen) atoms. The van der Waals surface area contributed by atoms with Crippen LogP contribution in [0.2, 0.25) is 0 Å². The molecule has 1 aliphatic carbocycles. The van der Waals surface area contributed by atoms with Gasteiger partial charge in [0.15, 0.2) is 0 Å². The van der Waals surface area contributed by atoms with Crippen LogP contribution in [0.25, 0.3) is 0 Å². The molecule has 0 amide bonds. The Hall–Kier alpha value is -0.860. The molecule has 112 valence electrons. The highest BCUT2D eigenvalue weighted by Gasteiger charge is 2.31. The first kappa shape index (κ1) is 15.5. The molecule has 0 aromatic heterocycles. The van der Waals surface area contributed by atoms with Crippen molar-refractivity contribution in [3.05, 3.63) is 35.4 Å². The summed E-state index contributed by atoms with van der Waals surface area (Å²) in [6.45, 7) is 8.84. The van der Waals surface area contributed by atoms with E-state index in [1.54, 1.807) is 7.11 Å². The van der Waals surface area contributed by atoms with Crippen molar-refractivity contribution in [2.45, 2.75) is 59.2 Å². The fourth-order valence-electron chi connectivity index (χ4n) is 3.49. The molecule has 1 saturated carbocycles. The van der Waals surface area contributed by atoms with Gasteiger partial charge in [0.1, 0.15) is 0 Å². The Kier molecular flexibility index (Phi) is 5.22. The van der Waals surface area contributed by atoms with E-state index in [-0.39, 0.29) is 0 Å². The van der Waals surface area contributed by atoms with Crippen LogP contribution >= 0.6 is 0 Å². The number of hydrogen-bond donors (Lipinski definition) is 1. The van der Waals surface area contributed by atoms with Crippen molar-refractivity contribution in [2.24, 2.45) is 11.3 Å². The normalized spacial score (nSPS) is 25.6. The predicted molar refractivity (Wildman–Crippen MR) is 84.6 cm³/mol. The van der Waals surface area contributed by atoms with E-state index in [2.05, 4.69) is 50.4 Å². The van der Waals surface area contributed by atoms with Gasteiger partial charge < -0.3 is 10.1 Å². The van der Waals surface area contributed by atoms with Crippen LogP contribution in [0, 0.1) is 11.3 Å². The average Bonchev–Trinajstić information content (AvgIpc) is 2.38. The molecule has 1 N–H and O–H groups in total. The second-order valence-electron chi connectivity index (χ2n) is 7.12. The van der Waals surface area contributed by atoms with Crippen LogP contribution in [0.15, 0.2) is 24.3 Å². The van der Waals surface area contributed by atoms with Gasteiger partial charge in [0.2, 0.25) is 0 Å². The molecular weight excluding hydrogens is 246 g/mol. The third kappa shape index (κ3) is 4.32. The highest BCUT2D eigenvalue weighted by Crippen LogP contribution is 2.38. The minimum absolute atomic E-state index is 0.524. The zero-order chi connectivity index (χ0) is 14.6. The van der Waals surface area contributed by atoms with E-state index in [1.807, 2.05) is 0 Å². The van der Waals surface area contributed by atoms with Crippen LogP contribution in [-0.2, 0) is 17.9 Å². The van der Waals surface area contributed by atoms with Gasteiger partial charge in [-0.25, -0.2) is 0 Å². The summed E-state index contributed by atoms with van der Waals surface area (Å²) < 4.78 is 5.20. The zero-order valence-electron chi connectivity index (χ0n) is 13.4. The van der Waals surface area contributed by atoms with Gasteiger partial charge in [-0.05, 0) is 41.7 Å². The standard InChI is InChI=1S/C18H29NO/c1-14-11-18(2,3)9-8-17(14)19-12-15-6-5-7-16(10-15)13-20-4/h5-7,10,14,17,19H,8-9,11-13H2,1-4H3. The third-order valence-corrected chi connectivity index (χ3v) is 4.56. The minimum Gasteiger partial charge on any atom is -0.380 e. The molecule has 0 radical (unpaired) electrons. The van der Waals surface area contributed by atoms with E-state index in [0.717, 1.165) is 12.5 Å². The summed E-state index contributed by atoms with van der Waals surface area (Å²) in [4.78, 5) is 0. The lowest BCUT2D eigenvalue weighted by molar-refractivity contribution is 0.148. The Morgan fingerprint density at radius 1 is 1.30 bits per heavy atom. The molecular formula is C18H29NO. The van der Waals surface area contributed by atoms with E-state index in [1.165, 1.54) is 30.4 Å². The quantitative estimate of drug-likeness (QED) is 0.872. The Balaban J connectivity index is 1.87. The van der Waals surface area contributed by atoms with Crippen LogP contribution in [0.5, 0.6) is 0 Å². The van der Waals surface area contributed by atoms with E-state index < -0.39 is 0 Å². The Labute approximate surface area is 123 Å². The maximum atomic E-state index is 5.20. The van der Waals surface area contributed by atoms with Crippen molar-refractivity contribution >= 4 is 0 Å². The molecule has 1 aromatic carbocycles. The Bertz CT molecular complexity index is 427. The summed E-state index contributed by atoms with van der Waals surface area (Å²) in [5.74, 6) is 0.765. The molecule has 0 aliphatic heterocycles. The van der Waals surface area contributed by atoms with Gasteiger partial charge in [-0.15, -0.1) is 0 Å². The summed E-state index contributed by atoms with van der Waals surface area (Å²) in [5, 5.41) is 3.75. The first-order valence-corrected chi connectivity index (χ1v) is 7.80. The number of rotatable bonds is 5. The van der Waals surface area contributed by atoms with Gasteiger partial charge in [-0.3, -0.25) is 0 Å². The molecule has 0 heterocycles. The molecule has 0 spiro atoms. The van der Waals surface area contributed by atoms with Gasteiger partial charge in [-0.1, -0.05) is 45.0 Å². The maximum Gasteiger partial charge on any atom is 0.0713 e.